The Kier molecular flexibility index (Phi) is 1.88. The monoisotopic (exact) mass is 197 g/mol. The van der Waals surface area contributed by atoms with E-state index in [0.717, 1.165) is 0 Å². The summed E-state index contributed by atoms with van der Waals surface area (Å²) < 4.78 is 0.567. The van der Waals surface area contributed by atoms with Crippen LogP contribution in [-0.2, 0) is 0 Å². The first-order valence-corrected chi connectivity index (χ1v) is 3.35. The summed E-state index contributed by atoms with van der Waals surface area (Å²) in [5.74, 6) is 0. The number of nitrogens with zero attached hydrogens (tertiary/aromatic N) is 2. The number of pyridine rings is 1. The van der Waals surface area contributed by atoms with E-state index in [4.69, 9.17) is 11.0 Å². The number of hydrogen-bond acceptors (Lipinski definition) is 3. The highest BCUT2D eigenvalue weighted by Crippen LogP contribution is 2.20. The number of hydrogen-bond donors (Lipinski definition) is 1. The molecule has 0 atom stereocenters. The van der Waals surface area contributed by atoms with E-state index in [9.17, 15) is 0 Å². The van der Waals surface area contributed by atoms with Crippen LogP contribution in [0.25, 0.3) is 0 Å². The van der Waals surface area contributed by atoms with Gasteiger partial charge in [0.25, 0.3) is 0 Å². The Morgan fingerprint density at radius 2 is 2.40 bits per heavy atom. The van der Waals surface area contributed by atoms with Crippen molar-refractivity contribution in [3.05, 3.63) is 22.4 Å². The predicted octanol–water partition coefficient (Wildman–Crippen LogP) is 1.30. The Morgan fingerprint density at radius 3 is 2.90 bits per heavy atom. The van der Waals surface area contributed by atoms with Crippen LogP contribution in [0.5, 0.6) is 0 Å². The fourth-order valence-electron chi connectivity index (χ4n) is 0.537. The Bertz CT molecular complexity index is 290. The van der Waals surface area contributed by atoms with Crippen molar-refractivity contribution in [1.82, 2.24) is 4.98 Å². The van der Waals surface area contributed by atoms with Crippen LogP contribution in [0.4, 0.5) is 5.69 Å². The highest BCUT2D eigenvalue weighted by molar-refractivity contribution is 9.10. The van der Waals surface area contributed by atoms with Gasteiger partial charge in [-0.2, -0.15) is 5.26 Å². The lowest BCUT2D eigenvalue weighted by atomic mass is 10.3. The molecule has 0 radical (unpaired) electrons. The van der Waals surface area contributed by atoms with Gasteiger partial charge >= 0.3 is 0 Å². The molecule has 0 aromatic carbocycles. The van der Waals surface area contributed by atoms with E-state index in [1.54, 1.807) is 6.07 Å². The molecule has 0 aliphatic rings. The van der Waals surface area contributed by atoms with E-state index in [1.807, 2.05) is 6.07 Å². The topological polar surface area (TPSA) is 62.7 Å². The maximum absolute atomic E-state index is 8.44. The molecule has 0 spiro atoms. The van der Waals surface area contributed by atoms with Crippen molar-refractivity contribution in [3.63, 3.8) is 0 Å². The minimum absolute atomic E-state index is 0.319. The second-order valence-corrected chi connectivity index (χ2v) is 2.47. The Labute approximate surface area is 66.6 Å². The van der Waals surface area contributed by atoms with Crippen molar-refractivity contribution < 1.29 is 0 Å². The quantitative estimate of drug-likeness (QED) is 0.683. The van der Waals surface area contributed by atoms with Crippen LogP contribution in [0.1, 0.15) is 5.69 Å². The normalized spacial score (nSPS) is 8.80. The molecule has 1 heterocycles. The number of nitrogens with two attached hydrogens (primary N) is 1. The van der Waals surface area contributed by atoms with Crippen molar-refractivity contribution in [2.45, 2.75) is 0 Å². The summed E-state index contributed by atoms with van der Waals surface area (Å²) >= 11 is 3.13. The molecule has 0 bridgehead atoms. The molecule has 10 heavy (non-hydrogen) atoms. The minimum atomic E-state index is 0.319. The van der Waals surface area contributed by atoms with Crippen molar-refractivity contribution in [2.75, 3.05) is 5.73 Å². The molecule has 1 rings (SSSR count). The van der Waals surface area contributed by atoms with Crippen molar-refractivity contribution >= 4 is 21.6 Å². The van der Waals surface area contributed by atoms with Gasteiger partial charge < -0.3 is 5.73 Å². The summed E-state index contributed by atoms with van der Waals surface area (Å²) in [7, 11) is 0. The smallest absolute Gasteiger partial charge is 0.156 e. The summed E-state index contributed by atoms with van der Waals surface area (Å²) in [5.41, 5.74) is 6.31. The van der Waals surface area contributed by atoms with Crippen LogP contribution in [0.3, 0.4) is 0 Å². The summed E-state index contributed by atoms with van der Waals surface area (Å²) in [6.45, 7) is 0. The molecule has 1 aromatic rings. The first-order chi connectivity index (χ1) is 4.75. The Hall–Kier alpha value is -1.08. The van der Waals surface area contributed by atoms with Crippen LogP contribution in [0.15, 0.2) is 16.7 Å². The van der Waals surface area contributed by atoms with Gasteiger partial charge in [-0.1, -0.05) is 0 Å². The standard InChI is InChI=1S/C6H4BrN3/c7-6-4(9)1-2-10-5(6)3-8/h1-2H,(H2,9,10). The fraction of sp³-hybridized carbons (Fsp3) is 0. The number of halogens is 1. The van der Waals surface area contributed by atoms with Gasteiger partial charge in [0.15, 0.2) is 5.69 Å². The molecule has 0 saturated carbocycles. The maximum Gasteiger partial charge on any atom is 0.156 e. The average molecular weight is 198 g/mol. The summed E-state index contributed by atoms with van der Waals surface area (Å²) in [4.78, 5) is 3.77. The van der Waals surface area contributed by atoms with Crippen molar-refractivity contribution in [1.29, 1.82) is 5.26 Å². The van der Waals surface area contributed by atoms with Gasteiger partial charge in [-0.15, -0.1) is 0 Å². The number of aromatic nitrogens is 1. The van der Waals surface area contributed by atoms with E-state index >= 15 is 0 Å². The van der Waals surface area contributed by atoms with Crippen LogP contribution in [0.2, 0.25) is 0 Å². The fourth-order valence-corrected chi connectivity index (χ4v) is 0.860. The van der Waals surface area contributed by atoms with Gasteiger partial charge in [-0.25, -0.2) is 4.98 Å². The first-order valence-electron chi connectivity index (χ1n) is 2.56. The van der Waals surface area contributed by atoms with Gasteiger partial charge in [0.1, 0.15) is 6.07 Å². The van der Waals surface area contributed by atoms with E-state index in [1.165, 1.54) is 6.20 Å². The predicted molar refractivity (Wildman–Crippen MR) is 41.1 cm³/mol. The number of rotatable bonds is 0. The zero-order chi connectivity index (χ0) is 7.56. The molecule has 4 heteroatoms. The average Bonchev–Trinajstić information content (AvgIpc) is 1.95. The molecule has 0 fully saturated rings. The van der Waals surface area contributed by atoms with E-state index in [0.29, 0.717) is 15.9 Å². The lowest BCUT2D eigenvalue weighted by molar-refractivity contribution is 1.25. The lowest BCUT2D eigenvalue weighted by Crippen LogP contribution is -1.91. The molecule has 50 valence electrons. The van der Waals surface area contributed by atoms with Gasteiger partial charge in [-0.05, 0) is 22.0 Å². The second-order valence-electron chi connectivity index (χ2n) is 1.67. The lowest BCUT2D eigenvalue weighted by Gasteiger charge is -1.95. The van der Waals surface area contributed by atoms with Crippen LogP contribution >= 0.6 is 15.9 Å². The Morgan fingerprint density at radius 1 is 1.70 bits per heavy atom. The minimum Gasteiger partial charge on any atom is -0.398 e. The molecule has 1 aromatic heterocycles. The van der Waals surface area contributed by atoms with Crippen LogP contribution in [0, 0.1) is 11.3 Å². The first kappa shape index (κ1) is 7.03. The van der Waals surface area contributed by atoms with Crippen molar-refractivity contribution in [3.8, 4) is 6.07 Å². The summed E-state index contributed by atoms with van der Waals surface area (Å²) in [5, 5.41) is 8.44. The Balaban J connectivity index is 3.31. The van der Waals surface area contributed by atoms with Gasteiger partial charge in [0.05, 0.1) is 10.2 Å². The van der Waals surface area contributed by atoms with Gasteiger partial charge in [0.2, 0.25) is 0 Å². The third-order valence-corrected chi connectivity index (χ3v) is 1.86. The molecule has 3 nitrogen and oxygen atoms in total. The number of anilines is 1. The molecule has 0 unspecified atom stereocenters. The van der Waals surface area contributed by atoms with E-state index < -0.39 is 0 Å². The highest BCUT2D eigenvalue weighted by atomic mass is 79.9. The molecular weight excluding hydrogens is 194 g/mol. The van der Waals surface area contributed by atoms with Gasteiger partial charge in [-0.3, -0.25) is 0 Å². The van der Waals surface area contributed by atoms with Crippen molar-refractivity contribution in [2.24, 2.45) is 0 Å². The van der Waals surface area contributed by atoms with E-state index in [-0.39, 0.29) is 0 Å². The summed E-state index contributed by atoms with van der Waals surface area (Å²) in [6, 6.07) is 3.53. The largest absolute Gasteiger partial charge is 0.398 e. The van der Waals surface area contributed by atoms with Gasteiger partial charge in [0, 0.05) is 6.20 Å². The SMILES string of the molecule is N#Cc1nccc(N)c1Br. The molecule has 0 aliphatic carbocycles. The third-order valence-electron chi connectivity index (χ3n) is 1.02. The van der Waals surface area contributed by atoms with Crippen LogP contribution in [-0.4, -0.2) is 4.98 Å². The van der Waals surface area contributed by atoms with Crippen LogP contribution < -0.4 is 5.73 Å². The number of nitriles is 1. The summed E-state index contributed by atoms with van der Waals surface area (Å²) in [6.07, 6.45) is 1.50. The molecule has 0 amide bonds. The third kappa shape index (κ3) is 1.09. The molecular formula is C6H4BrN3. The zero-order valence-corrected chi connectivity index (χ0v) is 6.59. The highest BCUT2D eigenvalue weighted by Gasteiger charge is 2.01. The number of nitrogen functional groups attached to an aromatic ring is 1. The molecule has 0 aliphatic heterocycles. The van der Waals surface area contributed by atoms with E-state index in [2.05, 4.69) is 20.9 Å². The molecule has 2 N–H and O–H groups in total. The maximum atomic E-state index is 8.44. The zero-order valence-electron chi connectivity index (χ0n) is 5.00. The second kappa shape index (κ2) is 2.67. The molecule has 0 saturated heterocycles.